The topological polar surface area (TPSA) is 101 Å². The average molecular weight is 569 g/mol. The number of fused-ring (bicyclic) bond motifs is 1. The lowest BCUT2D eigenvalue weighted by Gasteiger charge is -2.18. The fourth-order valence-electron chi connectivity index (χ4n) is 5.06. The molecule has 0 atom stereocenters. The first-order chi connectivity index (χ1) is 20.3. The summed E-state index contributed by atoms with van der Waals surface area (Å²) in [5, 5.41) is 18.3. The van der Waals surface area contributed by atoms with Gasteiger partial charge in [0.1, 0.15) is 30.7 Å². The molecule has 3 aromatic carbocycles. The minimum absolute atomic E-state index is 0.0843. The number of carboxylic acid groups (broad SMARTS) is 1. The third-order valence-electron chi connectivity index (χ3n) is 7.47. The van der Waals surface area contributed by atoms with Gasteiger partial charge >= 0.3 is 5.97 Å². The van der Waals surface area contributed by atoms with Gasteiger partial charge in [-0.05, 0) is 66.9 Å². The van der Waals surface area contributed by atoms with Crippen LogP contribution >= 0.6 is 0 Å². The largest absolute Gasteiger partial charge is 0.478 e. The van der Waals surface area contributed by atoms with Crippen molar-refractivity contribution in [3.63, 3.8) is 0 Å². The van der Waals surface area contributed by atoms with Crippen LogP contribution in [0.2, 0.25) is 0 Å². The number of halogens is 3. The maximum Gasteiger partial charge on any atom is 0.335 e. The van der Waals surface area contributed by atoms with Crippen molar-refractivity contribution in [2.75, 3.05) is 6.67 Å². The van der Waals surface area contributed by atoms with Gasteiger partial charge in [0.15, 0.2) is 0 Å². The van der Waals surface area contributed by atoms with E-state index in [1.54, 1.807) is 41.0 Å². The van der Waals surface area contributed by atoms with Crippen LogP contribution in [0.15, 0.2) is 72.8 Å². The molecule has 2 heterocycles. The lowest BCUT2D eigenvalue weighted by Crippen LogP contribution is -2.22. The van der Waals surface area contributed by atoms with Gasteiger partial charge in [0, 0.05) is 23.6 Å². The van der Waals surface area contributed by atoms with Gasteiger partial charge in [0.05, 0.1) is 39.5 Å². The number of carbonyl (C=O) groups is 1. The third-order valence-corrected chi connectivity index (χ3v) is 7.47. The van der Waals surface area contributed by atoms with E-state index in [9.17, 15) is 18.7 Å². The quantitative estimate of drug-likeness (QED) is 0.216. The molecule has 0 radical (unpaired) electrons. The molecule has 10 heteroatoms. The number of nitrogens with zero attached hydrogens (tertiary/aromatic N) is 4. The van der Waals surface area contributed by atoms with Crippen molar-refractivity contribution in [2.45, 2.75) is 31.4 Å². The summed E-state index contributed by atoms with van der Waals surface area (Å²) in [4.78, 5) is 20.6. The zero-order chi connectivity index (χ0) is 29.4. The highest BCUT2D eigenvalue weighted by Gasteiger charge is 2.47. The molecule has 0 saturated heterocycles. The predicted octanol–water partition coefficient (Wildman–Crippen LogP) is 6.57. The fourth-order valence-corrected chi connectivity index (χ4v) is 5.06. The Balaban J connectivity index is 1.25. The minimum Gasteiger partial charge on any atom is -0.478 e. The van der Waals surface area contributed by atoms with Gasteiger partial charge in [-0.25, -0.2) is 27.9 Å². The molecule has 1 saturated carbocycles. The highest BCUT2D eigenvalue weighted by Crippen LogP contribution is 2.47. The molecule has 0 amide bonds. The van der Waals surface area contributed by atoms with Gasteiger partial charge in [-0.1, -0.05) is 18.2 Å². The van der Waals surface area contributed by atoms with Crippen molar-refractivity contribution < 1.29 is 27.8 Å². The molecule has 0 spiro atoms. The van der Waals surface area contributed by atoms with Crippen LogP contribution in [0.1, 0.15) is 45.7 Å². The zero-order valence-electron chi connectivity index (χ0n) is 22.2. The number of nitriles is 1. The molecule has 5 aromatic rings. The number of benzene rings is 3. The first-order valence-electron chi connectivity index (χ1n) is 13.2. The number of imidazole rings is 1. The molecular weight excluding hydrogens is 545 g/mol. The summed E-state index contributed by atoms with van der Waals surface area (Å²) in [5.74, 6) is -1.48. The highest BCUT2D eigenvalue weighted by molar-refractivity contribution is 5.92. The number of hydrogen-bond donors (Lipinski definition) is 1. The molecule has 1 fully saturated rings. The van der Waals surface area contributed by atoms with Crippen LogP contribution in [0.5, 0.6) is 5.88 Å². The SMILES string of the molecule is N#Cc1ccc(COc2cccc(-c3ccc(Cc4nc5ccc(C(=O)O)cc5n4C4(CF)CC4)cc3F)n2)c(F)c1. The number of alkyl halides is 1. The molecule has 1 N–H and O–H groups in total. The van der Waals surface area contributed by atoms with Gasteiger partial charge in [-0.2, -0.15) is 5.26 Å². The number of rotatable bonds is 9. The van der Waals surface area contributed by atoms with Crippen LogP contribution in [0.25, 0.3) is 22.3 Å². The molecular formula is C32H23F3N4O3. The molecule has 6 rings (SSSR count). The van der Waals surface area contributed by atoms with Crippen molar-refractivity contribution in [3.8, 4) is 23.2 Å². The summed E-state index contributed by atoms with van der Waals surface area (Å²) in [5.41, 5.74) is 2.01. The predicted molar refractivity (Wildman–Crippen MR) is 148 cm³/mol. The van der Waals surface area contributed by atoms with Crippen LogP contribution in [0.4, 0.5) is 13.2 Å². The zero-order valence-corrected chi connectivity index (χ0v) is 22.2. The Morgan fingerprint density at radius 3 is 2.55 bits per heavy atom. The standard InChI is InChI=1S/C32H23F3N4O3/c33-18-32(10-11-32)39-28-15-21(31(40)41)7-9-27(28)37-29(39)14-19-5-8-23(25(35)12-19)26-2-1-3-30(38-26)42-17-22-6-4-20(16-36)13-24(22)34/h1-9,12-13,15H,10-11,14,17-18H2,(H,40,41). The summed E-state index contributed by atoms with van der Waals surface area (Å²) < 4.78 is 51.2. The Bertz CT molecular complexity index is 1890. The summed E-state index contributed by atoms with van der Waals surface area (Å²) in [7, 11) is 0. The number of hydrogen-bond acceptors (Lipinski definition) is 5. The average Bonchev–Trinajstić information content (AvgIpc) is 3.70. The van der Waals surface area contributed by atoms with Crippen LogP contribution in [-0.2, 0) is 18.6 Å². The maximum absolute atomic E-state index is 15.4. The first-order valence-corrected chi connectivity index (χ1v) is 13.2. The van der Waals surface area contributed by atoms with E-state index < -0.39 is 29.8 Å². The molecule has 1 aliphatic carbocycles. The molecule has 2 aromatic heterocycles. The van der Waals surface area contributed by atoms with E-state index in [1.807, 2.05) is 6.07 Å². The summed E-state index contributed by atoms with van der Waals surface area (Å²) in [6.07, 6.45) is 1.42. The first kappa shape index (κ1) is 27.0. The smallest absolute Gasteiger partial charge is 0.335 e. The summed E-state index contributed by atoms with van der Waals surface area (Å²) in [6, 6.07) is 20.1. The number of aromatic carboxylic acids is 1. The maximum atomic E-state index is 15.4. The molecule has 0 aliphatic heterocycles. The lowest BCUT2D eigenvalue weighted by molar-refractivity contribution is 0.0697. The Hall–Kier alpha value is -5.17. The Morgan fingerprint density at radius 2 is 1.86 bits per heavy atom. The number of ether oxygens (including phenoxy) is 1. The summed E-state index contributed by atoms with van der Waals surface area (Å²) >= 11 is 0. The van der Waals surface area contributed by atoms with E-state index in [2.05, 4.69) is 9.97 Å². The van der Waals surface area contributed by atoms with Gasteiger partial charge in [0.2, 0.25) is 5.88 Å². The molecule has 210 valence electrons. The van der Waals surface area contributed by atoms with Crippen molar-refractivity contribution in [1.82, 2.24) is 14.5 Å². The molecule has 1 aliphatic rings. The Kier molecular flexibility index (Phi) is 6.86. The fraction of sp³-hybridized carbons (Fsp3) is 0.188. The van der Waals surface area contributed by atoms with E-state index in [1.165, 1.54) is 30.3 Å². The van der Waals surface area contributed by atoms with Crippen molar-refractivity contribution in [2.24, 2.45) is 0 Å². The molecule has 7 nitrogen and oxygen atoms in total. The van der Waals surface area contributed by atoms with Crippen molar-refractivity contribution in [1.29, 1.82) is 5.26 Å². The second kappa shape index (κ2) is 10.7. The minimum atomic E-state index is -1.08. The number of pyridine rings is 1. The molecule has 42 heavy (non-hydrogen) atoms. The van der Waals surface area contributed by atoms with Crippen LogP contribution in [0, 0.1) is 23.0 Å². The second-order valence-corrected chi connectivity index (χ2v) is 10.3. The molecule has 0 unspecified atom stereocenters. The van der Waals surface area contributed by atoms with Crippen LogP contribution in [0.3, 0.4) is 0 Å². The Morgan fingerprint density at radius 1 is 1.02 bits per heavy atom. The van der Waals surface area contributed by atoms with Gasteiger partial charge in [-0.3, -0.25) is 0 Å². The Labute approximate surface area is 238 Å². The van der Waals surface area contributed by atoms with E-state index in [0.717, 1.165) is 6.07 Å². The second-order valence-electron chi connectivity index (χ2n) is 10.3. The molecule has 0 bridgehead atoms. The number of carboxylic acids is 1. The normalized spacial score (nSPS) is 13.6. The van der Waals surface area contributed by atoms with Crippen LogP contribution in [-0.4, -0.2) is 32.3 Å². The van der Waals surface area contributed by atoms with E-state index in [0.29, 0.717) is 41.0 Å². The van der Waals surface area contributed by atoms with Gasteiger partial charge in [-0.15, -0.1) is 0 Å². The third kappa shape index (κ3) is 5.05. The van der Waals surface area contributed by atoms with E-state index in [4.69, 9.17) is 10.00 Å². The van der Waals surface area contributed by atoms with Gasteiger partial charge < -0.3 is 14.4 Å². The van der Waals surface area contributed by atoms with Crippen molar-refractivity contribution >= 4 is 17.0 Å². The van der Waals surface area contributed by atoms with Gasteiger partial charge in [0.25, 0.3) is 0 Å². The summed E-state index contributed by atoms with van der Waals surface area (Å²) in [6.45, 7) is -0.733. The number of aromatic nitrogens is 3. The van der Waals surface area contributed by atoms with Crippen molar-refractivity contribution in [3.05, 3.63) is 113 Å². The van der Waals surface area contributed by atoms with Crippen LogP contribution < -0.4 is 4.74 Å². The lowest BCUT2D eigenvalue weighted by atomic mass is 10.0. The highest BCUT2D eigenvalue weighted by atomic mass is 19.1. The monoisotopic (exact) mass is 568 g/mol. The van der Waals surface area contributed by atoms with E-state index in [-0.39, 0.29) is 41.2 Å². The van der Waals surface area contributed by atoms with E-state index >= 15 is 4.39 Å².